The van der Waals surface area contributed by atoms with E-state index in [-0.39, 0.29) is 24.2 Å². The minimum atomic E-state index is -0.331. The first-order valence-electron chi connectivity index (χ1n) is 7.78. The molecule has 6 nitrogen and oxygen atoms in total. The normalized spacial score (nSPS) is 15.5. The summed E-state index contributed by atoms with van der Waals surface area (Å²) in [4.78, 5) is 27.8. The molecule has 2 N–H and O–H groups in total. The van der Waals surface area contributed by atoms with Crippen LogP contribution in [0.2, 0.25) is 0 Å². The predicted molar refractivity (Wildman–Crippen MR) is 86.6 cm³/mol. The Balaban J connectivity index is 1.72. The summed E-state index contributed by atoms with van der Waals surface area (Å²) in [6.07, 6.45) is 0.502. The first kappa shape index (κ1) is 17.4. The lowest BCUT2D eigenvalue weighted by atomic mass is 10.2. The molecule has 0 spiro atoms. The molecule has 1 aromatic carbocycles. The number of hydrogen-bond acceptors (Lipinski definition) is 4. The smallest absolute Gasteiger partial charge is 0.238 e. The summed E-state index contributed by atoms with van der Waals surface area (Å²) in [5.74, 6) is -0.316. The zero-order chi connectivity index (χ0) is 16.7. The second-order valence-corrected chi connectivity index (χ2v) is 5.57. The molecular weight excluding hydrogens is 299 g/mol. The lowest BCUT2D eigenvalue weighted by Crippen LogP contribution is -2.50. The molecule has 2 rings (SSSR count). The predicted octanol–water partition coefficient (Wildman–Crippen LogP) is 0.518. The van der Waals surface area contributed by atoms with Crippen molar-refractivity contribution in [1.29, 1.82) is 0 Å². The van der Waals surface area contributed by atoms with Crippen molar-refractivity contribution in [2.45, 2.75) is 6.42 Å². The summed E-state index contributed by atoms with van der Waals surface area (Å²) in [6, 6.07) is 5.69. The van der Waals surface area contributed by atoms with Gasteiger partial charge in [0, 0.05) is 44.8 Å². The van der Waals surface area contributed by atoms with Gasteiger partial charge in [-0.25, -0.2) is 4.39 Å². The van der Waals surface area contributed by atoms with Gasteiger partial charge < -0.3 is 15.5 Å². The van der Waals surface area contributed by atoms with Crippen LogP contribution in [0.5, 0.6) is 0 Å². The Morgan fingerprint density at radius 1 is 1.13 bits per heavy atom. The maximum absolute atomic E-state index is 12.8. The zero-order valence-electron chi connectivity index (χ0n) is 13.3. The number of anilines is 1. The van der Waals surface area contributed by atoms with Gasteiger partial charge >= 0.3 is 0 Å². The van der Waals surface area contributed by atoms with Crippen molar-refractivity contribution in [3.8, 4) is 0 Å². The highest BCUT2D eigenvalue weighted by Gasteiger charge is 2.21. The number of carbonyl (C=O) groups excluding carboxylic acids is 2. The van der Waals surface area contributed by atoms with Crippen molar-refractivity contribution in [2.24, 2.45) is 0 Å². The number of halogens is 1. The van der Waals surface area contributed by atoms with Gasteiger partial charge in [-0.3, -0.25) is 14.5 Å². The molecule has 7 heteroatoms. The van der Waals surface area contributed by atoms with E-state index in [2.05, 4.69) is 10.6 Å². The van der Waals surface area contributed by atoms with Crippen molar-refractivity contribution in [3.05, 3.63) is 30.1 Å². The molecule has 1 heterocycles. The Morgan fingerprint density at radius 2 is 1.78 bits per heavy atom. The molecule has 1 aliphatic rings. The summed E-state index contributed by atoms with van der Waals surface area (Å²) < 4.78 is 12.8. The minimum Gasteiger partial charge on any atom is -0.340 e. The van der Waals surface area contributed by atoms with Crippen LogP contribution in [0.15, 0.2) is 24.3 Å². The van der Waals surface area contributed by atoms with Crippen molar-refractivity contribution >= 4 is 17.5 Å². The van der Waals surface area contributed by atoms with Gasteiger partial charge in [0.15, 0.2) is 0 Å². The number of amides is 2. The maximum atomic E-state index is 12.8. The van der Waals surface area contributed by atoms with Gasteiger partial charge in [-0.15, -0.1) is 0 Å². The third-order valence-electron chi connectivity index (χ3n) is 3.81. The van der Waals surface area contributed by atoms with E-state index in [1.807, 2.05) is 16.8 Å². The van der Waals surface area contributed by atoms with E-state index in [9.17, 15) is 14.0 Å². The summed E-state index contributed by atoms with van der Waals surface area (Å²) >= 11 is 0. The molecule has 23 heavy (non-hydrogen) atoms. The summed E-state index contributed by atoms with van der Waals surface area (Å²) in [5.41, 5.74) is 0.581. The maximum Gasteiger partial charge on any atom is 0.238 e. The van der Waals surface area contributed by atoms with Gasteiger partial charge in [-0.1, -0.05) is 0 Å². The fourth-order valence-corrected chi connectivity index (χ4v) is 2.48. The monoisotopic (exact) mass is 322 g/mol. The van der Waals surface area contributed by atoms with E-state index in [0.717, 1.165) is 0 Å². The quantitative estimate of drug-likeness (QED) is 0.801. The number of piperazine rings is 1. The highest BCUT2D eigenvalue weighted by Crippen LogP contribution is 2.09. The van der Waals surface area contributed by atoms with Crippen LogP contribution in [0.3, 0.4) is 0 Å². The number of hydrogen-bond donors (Lipinski definition) is 2. The molecule has 1 aliphatic heterocycles. The van der Waals surface area contributed by atoms with Crippen LogP contribution >= 0.6 is 0 Å². The van der Waals surface area contributed by atoms with E-state index in [4.69, 9.17) is 0 Å². The van der Waals surface area contributed by atoms with E-state index >= 15 is 0 Å². The number of nitrogens with one attached hydrogen (secondary N) is 2. The van der Waals surface area contributed by atoms with Crippen LogP contribution in [0.1, 0.15) is 6.42 Å². The Morgan fingerprint density at radius 3 is 2.39 bits per heavy atom. The third-order valence-corrected chi connectivity index (χ3v) is 3.81. The average Bonchev–Trinajstić information content (AvgIpc) is 2.55. The Hall–Kier alpha value is -1.99. The van der Waals surface area contributed by atoms with E-state index in [1.54, 1.807) is 0 Å². The number of carbonyl (C=O) groups is 2. The van der Waals surface area contributed by atoms with E-state index in [1.165, 1.54) is 24.3 Å². The van der Waals surface area contributed by atoms with Crippen LogP contribution in [0, 0.1) is 5.82 Å². The van der Waals surface area contributed by atoms with Crippen LogP contribution in [0.4, 0.5) is 10.1 Å². The van der Waals surface area contributed by atoms with Crippen molar-refractivity contribution in [2.75, 3.05) is 51.6 Å². The SMILES string of the molecule is CNCCC(=O)N1CCN(CC(=O)Nc2ccc(F)cc2)CC1. The highest BCUT2D eigenvalue weighted by atomic mass is 19.1. The fraction of sp³-hybridized carbons (Fsp3) is 0.500. The summed E-state index contributed by atoms with van der Waals surface area (Å²) in [5, 5.41) is 5.71. The van der Waals surface area contributed by atoms with Gasteiger partial charge in [-0.2, -0.15) is 0 Å². The average molecular weight is 322 g/mol. The van der Waals surface area contributed by atoms with Crippen LogP contribution in [-0.2, 0) is 9.59 Å². The second-order valence-electron chi connectivity index (χ2n) is 5.57. The molecule has 0 bridgehead atoms. The molecule has 0 saturated carbocycles. The molecule has 0 atom stereocenters. The van der Waals surface area contributed by atoms with Crippen LogP contribution in [0.25, 0.3) is 0 Å². The first-order valence-corrected chi connectivity index (χ1v) is 7.78. The van der Waals surface area contributed by atoms with E-state index < -0.39 is 0 Å². The van der Waals surface area contributed by atoms with Gasteiger partial charge in [0.05, 0.1) is 6.54 Å². The zero-order valence-corrected chi connectivity index (χ0v) is 13.3. The Labute approximate surface area is 135 Å². The molecule has 1 aromatic rings. The highest BCUT2D eigenvalue weighted by molar-refractivity contribution is 5.92. The number of nitrogens with zero attached hydrogens (tertiary/aromatic N) is 2. The molecule has 126 valence electrons. The largest absolute Gasteiger partial charge is 0.340 e. The standard InChI is InChI=1S/C16H23FN4O2/c1-18-7-6-16(23)21-10-8-20(9-11-21)12-15(22)19-14-4-2-13(17)3-5-14/h2-5,18H,6-12H2,1H3,(H,19,22). The van der Waals surface area contributed by atoms with Crippen molar-refractivity contribution in [1.82, 2.24) is 15.1 Å². The minimum absolute atomic E-state index is 0.133. The van der Waals surface area contributed by atoms with Crippen molar-refractivity contribution in [3.63, 3.8) is 0 Å². The third kappa shape index (κ3) is 5.61. The number of benzene rings is 1. The number of rotatable bonds is 6. The summed E-state index contributed by atoms with van der Waals surface area (Å²) in [7, 11) is 1.82. The Bertz CT molecular complexity index is 527. The first-order chi connectivity index (χ1) is 11.1. The van der Waals surface area contributed by atoms with Gasteiger partial charge in [0.2, 0.25) is 11.8 Å². The molecule has 0 radical (unpaired) electrons. The van der Waals surface area contributed by atoms with Gasteiger partial charge in [0.25, 0.3) is 0 Å². The lowest BCUT2D eigenvalue weighted by molar-refractivity contribution is -0.133. The lowest BCUT2D eigenvalue weighted by Gasteiger charge is -2.34. The fourth-order valence-electron chi connectivity index (χ4n) is 2.48. The molecular formula is C16H23FN4O2. The molecule has 1 fully saturated rings. The van der Waals surface area contributed by atoms with Crippen LogP contribution < -0.4 is 10.6 Å². The van der Waals surface area contributed by atoms with Gasteiger partial charge in [0.1, 0.15) is 5.82 Å². The molecule has 2 amide bonds. The molecule has 1 saturated heterocycles. The van der Waals surface area contributed by atoms with Crippen molar-refractivity contribution < 1.29 is 14.0 Å². The van der Waals surface area contributed by atoms with E-state index in [0.29, 0.717) is 44.8 Å². The summed E-state index contributed by atoms with van der Waals surface area (Å²) in [6.45, 7) is 3.61. The Kier molecular flexibility index (Phi) is 6.49. The van der Waals surface area contributed by atoms with Crippen LogP contribution in [-0.4, -0.2) is 67.9 Å². The topological polar surface area (TPSA) is 64.7 Å². The second kappa shape index (κ2) is 8.59. The molecule has 0 unspecified atom stereocenters. The molecule has 0 aliphatic carbocycles. The van der Waals surface area contributed by atoms with Gasteiger partial charge in [-0.05, 0) is 31.3 Å². The molecule has 0 aromatic heterocycles.